The SMILES string of the molecule is C=C(C)CNc1ccnc(N(C)C)n1. The Labute approximate surface area is 84.7 Å². The highest BCUT2D eigenvalue weighted by Gasteiger charge is 1.99. The molecule has 0 aliphatic rings. The van der Waals surface area contributed by atoms with E-state index in [9.17, 15) is 0 Å². The molecule has 1 heterocycles. The first-order chi connectivity index (χ1) is 6.59. The van der Waals surface area contributed by atoms with Gasteiger partial charge in [-0.05, 0) is 13.0 Å². The number of hydrogen-bond donors (Lipinski definition) is 1. The summed E-state index contributed by atoms with van der Waals surface area (Å²) in [5.41, 5.74) is 1.08. The van der Waals surface area contributed by atoms with Crippen LogP contribution in [0.5, 0.6) is 0 Å². The van der Waals surface area contributed by atoms with Crippen molar-refractivity contribution in [3.63, 3.8) is 0 Å². The zero-order valence-corrected chi connectivity index (χ0v) is 8.91. The van der Waals surface area contributed by atoms with Crippen molar-refractivity contribution in [2.45, 2.75) is 6.92 Å². The van der Waals surface area contributed by atoms with Crippen LogP contribution in [0.15, 0.2) is 24.4 Å². The fraction of sp³-hybridized carbons (Fsp3) is 0.400. The van der Waals surface area contributed by atoms with Crippen LogP contribution in [0.4, 0.5) is 11.8 Å². The summed E-state index contributed by atoms with van der Waals surface area (Å²) >= 11 is 0. The molecule has 0 unspecified atom stereocenters. The van der Waals surface area contributed by atoms with E-state index in [1.54, 1.807) is 6.20 Å². The van der Waals surface area contributed by atoms with E-state index in [0.29, 0.717) is 5.95 Å². The van der Waals surface area contributed by atoms with Crippen molar-refractivity contribution in [3.05, 3.63) is 24.4 Å². The molecule has 0 spiro atoms. The molecule has 0 aliphatic heterocycles. The molecule has 0 atom stereocenters. The van der Waals surface area contributed by atoms with E-state index in [-0.39, 0.29) is 0 Å². The highest BCUT2D eigenvalue weighted by atomic mass is 15.2. The summed E-state index contributed by atoms with van der Waals surface area (Å²) in [5.74, 6) is 1.53. The average Bonchev–Trinajstić information content (AvgIpc) is 2.15. The Bertz CT molecular complexity index is 320. The Morgan fingerprint density at radius 2 is 2.29 bits per heavy atom. The number of rotatable bonds is 4. The minimum absolute atomic E-state index is 0.705. The molecule has 1 aromatic heterocycles. The van der Waals surface area contributed by atoms with Crippen LogP contribution in [0.25, 0.3) is 0 Å². The number of anilines is 2. The van der Waals surface area contributed by atoms with E-state index in [0.717, 1.165) is 17.9 Å². The molecule has 0 amide bonds. The molecule has 4 heteroatoms. The summed E-state index contributed by atoms with van der Waals surface area (Å²) in [7, 11) is 3.83. The number of nitrogens with one attached hydrogen (secondary N) is 1. The van der Waals surface area contributed by atoms with Crippen LogP contribution in [0.3, 0.4) is 0 Å². The number of hydrogen-bond acceptors (Lipinski definition) is 4. The van der Waals surface area contributed by atoms with Gasteiger partial charge < -0.3 is 10.2 Å². The highest BCUT2D eigenvalue weighted by Crippen LogP contribution is 2.07. The lowest BCUT2D eigenvalue weighted by atomic mass is 10.3. The van der Waals surface area contributed by atoms with Gasteiger partial charge in [0.25, 0.3) is 0 Å². The molecule has 4 nitrogen and oxygen atoms in total. The largest absolute Gasteiger partial charge is 0.366 e. The van der Waals surface area contributed by atoms with Crippen molar-refractivity contribution in [2.75, 3.05) is 30.9 Å². The van der Waals surface area contributed by atoms with E-state index < -0.39 is 0 Å². The summed E-state index contributed by atoms with van der Waals surface area (Å²) in [5, 5.41) is 3.16. The van der Waals surface area contributed by atoms with Crippen LogP contribution in [0.2, 0.25) is 0 Å². The zero-order chi connectivity index (χ0) is 10.6. The molecular weight excluding hydrogens is 176 g/mol. The fourth-order valence-corrected chi connectivity index (χ4v) is 0.904. The van der Waals surface area contributed by atoms with Crippen LogP contribution in [0, 0.1) is 0 Å². The molecule has 76 valence electrons. The first-order valence-electron chi connectivity index (χ1n) is 4.48. The lowest BCUT2D eigenvalue weighted by Crippen LogP contribution is -2.14. The lowest BCUT2D eigenvalue weighted by Gasteiger charge is -2.11. The van der Waals surface area contributed by atoms with Gasteiger partial charge in [-0.15, -0.1) is 0 Å². The summed E-state index contributed by atoms with van der Waals surface area (Å²) < 4.78 is 0. The second kappa shape index (κ2) is 4.60. The summed E-state index contributed by atoms with van der Waals surface area (Å²) in [6.45, 7) is 6.52. The van der Waals surface area contributed by atoms with Crippen molar-refractivity contribution >= 4 is 11.8 Å². The predicted molar refractivity (Wildman–Crippen MR) is 59.7 cm³/mol. The van der Waals surface area contributed by atoms with Crippen molar-refractivity contribution < 1.29 is 0 Å². The second-order valence-electron chi connectivity index (χ2n) is 3.45. The maximum atomic E-state index is 4.31. The summed E-state index contributed by atoms with van der Waals surface area (Å²) in [6.07, 6.45) is 1.74. The van der Waals surface area contributed by atoms with Crippen molar-refractivity contribution in [3.8, 4) is 0 Å². The Kier molecular flexibility index (Phi) is 3.45. The Morgan fingerprint density at radius 3 is 2.86 bits per heavy atom. The van der Waals surface area contributed by atoms with Gasteiger partial charge >= 0.3 is 0 Å². The molecular formula is C10H16N4. The number of aromatic nitrogens is 2. The molecule has 0 aliphatic carbocycles. The van der Waals surface area contributed by atoms with E-state index >= 15 is 0 Å². The maximum Gasteiger partial charge on any atom is 0.226 e. The topological polar surface area (TPSA) is 41.1 Å². The smallest absolute Gasteiger partial charge is 0.226 e. The third kappa shape index (κ3) is 3.05. The first kappa shape index (κ1) is 10.5. The third-order valence-corrected chi connectivity index (χ3v) is 1.61. The van der Waals surface area contributed by atoms with Gasteiger partial charge in [-0.25, -0.2) is 4.98 Å². The highest BCUT2D eigenvalue weighted by molar-refractivity contribution is 5.41. The molecule has 0 bridgehead atoms. The van der Waals surface area contributed by atoms with E-state index in [1.807, 2.05) is 32.0 Å². The van der Waals surface area contributed by atoms with Crippen molar-refractivity contribution in [1.29, 1.82) is 0 Å². The molecule has 14 heavy (non-hydrogen) atoms. The minimum Gasteiger partial charge on any atom is -0.366 e. The zero-order valence-electron chi connectivity index (χ0n) is 8.91. The molecule has 0 aromatic carbocycles. The molecule has 0 radical (unpaired) electrons. The Morgan fingerprint density at radius 1 is 1.57 bits per heavy atom. The van der Waals surface area contributed by atoms with Gasteiger partial charge in [0.05, 0.1) is 0 Å². The summed E-state index contributed by atoms with van der Waals surface area (Å²) in [6, 6.07) is 1.84. The van der Waals surface area contributed by atoms with Gasteiger partial charge in [-0.2, -0.15) is 4.98 Å². The van der Waals surface area contributed by atoms with Crippen LogP contribution in [-0.2, 0) is 0 Å². The van der Waals surface area contributed by atoms with Gasteiger partial charge in [-0.1, -0.05) is 12.2 Å². The fourth-order valence-electron chi connectivity index (χ4n) is 0.904. The minimum atomic E-state index is 0.705. The standard InChI is InChI=1S/C10H16N4/c1-8(2)7-12-9-5-6-11-10(13-9)14(3)4/h5-6H,1,7H2,2-4H3,(H,11,12,13). The van der Waals surface area contributed by atoms with Crippen LogP contribution < -0.4 is 10.2 Å². The van der Waals surface area contributed by atoms with Gasteiger partial charge in [0.1, 0.15) is 5.82 Å². The van der Waals surface area contributed by atoms with Crippen molar-refractivity contribution in [1.82, 2.24) is 9.97 Å². The first-order valence-corrected chi connectivity index (χ1v) is 4.48. The predicted octanol–water partition coefficient (Wildman–Crippen LogP) is 1.53. The van der Waals surface area contributed by atoms with Gasteiger partial charge in [0.2, 0.25) is 5.95 Å². The van der Waals surface area contributed by atoms with Crippen molar-refractivity contribution in [2.24, 2.45) is 0 Å². The van der Waals surface area contributed by atoms with E-state index in [1.165, 1.54) is 0 Å². The third-order valence-electron chi connectivity index (χ3n) is 1.61. The quantitative estimate of drug-likeness (QED) is 0.734. The Balaban J connectivity index is 2.68. The maximum absolute atomic E-state index is 4.31. The van der Waals surface area contributed by atoms with Crippen LogP contribution in [0.1, 0.15) is 6.92 Å². The van der Waals surface area contributed by atoms with Gasteiger partial charge in [-0.3, -0.25) is 0 Å². The summed E-state index contributed by atoms with van der Waals surface area (Å²) in [4.78, 5) is 10.3. The molecule has 1 rings (SSSR count). The molecule has 1 aromatic rings. The Hall–Kier alpha value is -1.58. The normalized spacial score (nSPS) is 9.64. The van der Waals surface area contributed by atoms with Gasteiger partial charge in [0, 0.05) is 26.8 Å². The molecule has 1 N–H and O–H groups in total. The molecule has 0 fully saturated rings. The van der Waals surface area contributed by atoms with Crippen LogP contribution in [-0.4, -0.2) is 30.6 Å². The second-order valence-corrected chi connectivity index (χ2v) is 3.45. The average molecular weight is 192 g/mol. The number of nitrogens with zero attached hydrogens (tertiary/aromatic N) is 3. The lowest BCUT2D eigenvalue weighted by molar-refractivity contribution is 0.993. The molecule has 0 saturated carbocycles. The van der Waals surface area contributed by atoms with Crippen LogP contribution >= 0.6 is 0 Å². The van der Waals surface area contributed by atoms with Gasteiger partial charge in [0.15, 0.2) is 0 Å². The van der Waals surface area contributed by atoms with E-state index in [2.05, 4.69) is 21.9 Å². The monoisotopic (exact) mass is 192 g/mol. The molecule has 0 saturated heterocycles. The van der Waals surface area contributed by atoms with E-state index in [4.69, 9.17) is 0 Å².